The first-order chi connectivity index (χ1) is 18.0. The molecule has 196 valence electrons. The molecule has 1 N–H and O–H groups in total. The maximum atomic E-state index is 13.2. The number of carbonyl (C=O) groups excluding carboxylic acids is 1. The summed E-state index contributed by atoms with van der Waals surface area (Å²) >= 11 is 0. The van der Waals surface area contributed by atoms with Gasteiger partial charge in [0.25, 0.3) is 5.56 Å². The molecule has 1 aromatic carbocycles. The Morgan fingerprint density at radius 2 is 1.76 bits per heavy atom. The highest BCUT2D eigenvalue weighted by molar-refractivity contribution is 5.79. The smallest absolute Gasteiger partial charge is 0.328 e. The van der Waals surface area contributed by atoms with Crippen molar-refractivity contribution >= 4 is 22.6 Å². The fourth-order valence-electron chi connectivity index (χ4n) is 5.48. The summed E-state index contributed by atoms with van der Waals surface area (Å²) < 4.78 is 11.8. The summed E-state index contributed by atoms with van der Waals surface area (Å²) in [5, 5.41) is 0.436. The standard InChI is InChI=1S/C27H33N5O5/c1-36-20-10-11-22-21(16-20)26(34)32(27(35)28-22)17-18-6-8-19(9-7-18)25(33)31-14-12-30(13-15-31)23-4-3-5-24(29-23)37-2/h3-5,10-11,16,18-19H,6-9,12-15,17H2,1-2H3,(H,28,35)/t18-,19-. The molecule has 10 heteroatoms. The number of piperazine rings is 1. The molecule has 1 saturated carbocycles. The zero-order valence-electron chi connectivity index (χ0n) is 21.3. The van der Waals surface area contributed by atoms with Crippen LogP contribution in [0.3, 0.4) is 0 Å². The van der Waals surface area contributed by atoms with Crippen LogP contribution in [0.1, 0.15) is 25.7 Å². The maximum Gasteiger partial charge on any atom is 0.328 e. The molecule has 1 aliphatic carbocycles. The molecular formula is C27H33N5O5. The van der Waals surface area contributed by atoms with Crippen molar-refractivity contribution in [2.24, 2.45) is 11.8 Å². The quantitative estimate of drug-likeness (QED) is 0.545. The Kier molecular flexibility index (Phi) is 7.16. The lowest BCUT2D eigenvalue weighted by Crippen LogP contribution is -2.51. The van der Waals surface area contributed by atoms with E-state index in [0.29, 0.717) is 42.2 Å². The monoisotopic (exact) mass is 507 g/mol. The predicted octanol–water partition coefficient (Wildman–Crippen LogP) is 2.26. The Morgan fingerprint density at radius 3 is 2.46 bits per heavy atom. The van der Waals surface area contributed by atoms with Gasteiger partial charge in [0.15, 0.2) is 0 Å². The van der Waals surface area contributed by atoms with Gasteiger partial charge in [-0.25, -0.2) is 4.79 Å². The van der Waals surface area contributed by atoms with E-state index in [-0.39, 0.29) is 23.3 Å². The molecule has 2 aromatic heterocycles. The number of aromatic amines is 1. The van der Waals surface area contributed by atoms with Gasteiger partial charge >= 0.3 is 5.69 Å². The molecular weight excluding hydrogens is 474 g/mol. The minimum Gasteiger partial charge on any atom is -0.497 e. The number of fused-ring (bicyclic) bond motifs is 1. The Balaban J connectivity index is 1.17. The van der Waals surface area contributed by atoms with Crippen LogP contribution in [0, 0.1) is 11.8 Å². The van der Waals surface area contributed by atoms with Gasteiger partial charge < -0.3 is 24.3 Å². The van der Waals surface area contributed by atoms with E-state index in [2.05, 4.69) is 14.9 Å². The largest absolute Gasteiger partial charge is 0.497 e. The molecule has 10 nitrogen and oxygen atoms in total. The van der Waals surface area contributed by atoms with Crippen molar-refractivity contribution in [1.82, 2.24) is 19.4 Å². The molecule has 2 fully saturated rings. The molecule has 2 aliphatic rings. The summed E-state index contributed by atoms with van der Waals surface area (Å²) in [6.07, 6.45) is 3.17. The lowest BCUT2D eigenvalue weighted by atomic mass is 9.81. The highest BCUT2D eigenvalue weighted by Crippen LogP contribution is 2.31. The molecule has 1 aliphatic heterocycles. The number of carbonyl (C=O) groups is 1. The van der Waals surface area contributed by atoms with Gasteiger partial charge in [0.1, 0.15) is 11.6 Å². The van der Waals surface area contributed by atoms with Crippen molar-refractivity contribution in [3.05, 3.63) is 57.2 Å². The van der Waals surface area contributed by atoms with E-state index in [0.717, 1.165) is 44.6 Å². The minimum absolute atomic E-state index is 0.00591. The topological polar surface area (TPSA) is 110 Å². The van der Waals surface area contributed by atoms with E-state index in [1.165, 1.54) is 4.57 Å². The van der Waals surface area contributed by atoms with Crippen LogP contribution < -0.4 is 25.6 Å². The van der Waals surface area contributed by atoms with E-state index in [4.69, 9.17) is 9.47 Å². The molecule has 3 heterocycles. The van der Waals surface area contributed by atoms with Gasteiger partial charge in [0.2, 0.25) is 11.8 Å². The molecule has 0 radical (unpaired) electrons. The van der Waals surface area contributed by atoms with E-state index >= 15 is 0 Å². The van der Waals surface area contributed by atoms with Gasteiger partial charge in [-0.2, -0.15) is 4.98 Å². The lowest BCUT2D eigenvalue weighted by molar-refractivity contribution is -0.137. The average molecular weight is 508 g/mol. The third kappa shape index (κ3) is 5.19. The molecule has 0 atom stereocenters. The number of anilines is 1. The van der Waals surface area contributed by atoms with Crippen molar-refractivity contribution < 1.29 is 14.3 Å². The van der Waals surface area contributed by atoms with E-state index in [1.54, 1.807) is 32.4 Å². The Morgan fingerprint density at radius 1 is 1.00 bits per heavy atom. The van der Waals surface area contributed by atoms with Crippen molar-refractivity contribution in [2.45, 2.75) is 32.2 Å². The zero-order chi connectivity index (χ0) is 25.9. The third-order valence-electron chi connectivity index (χ3n) is 7.66. The van der Waals surface area contributed by atoms with Crippen molar-refractivity contribution in [3.8, 4) is 11.6 Å². The first kappa shape index (κ1) is 24.9. The second kappa shape index (κ2) is 10.7. The number of hydrogen-bond donors (Lipinski definition) is 1. The lowest BCUT2D eigenvalue weighted by Gasteiger charge is -2.38. The number of methoxy groups -OCH3 is 2. The number of hydrogen-bond acceptors (Lipinski definition) is 7. The number of pyridine rings is 1. The number of ether oxygens (including phenoxy) is 2. The fraction of sp³-hybridized carbons (Fsp3) is 0.481. The van der Waals surface area contributed by atoms with E-state index in [1.807, 2.05) is 23.1 Å². The normalized spacial score (nSPS) is 20.2. The summed E-state index contributed by atoms with van der Waals surface area (Å²) in [4.78, 5) is 50.4. The predicted molar refractivity (Wildman–Crippen MR) is 140 cm³/mol. The second-order valence-electron chi connectivity index (χ2n) is 9.83. The first-order valence-corrected chi connectivity index (χ1v) is 12.8. The zero-order valence-corrected chi connectivity index (χ0v) is 21.3. The molecule has 37 heavy (non-hydrogen) atoms. The van der Waals surface area contributed by atoms with Gasteiger partial charge in [-0.15, -0.1) is 0 Å². The second-order valence-corrected chi connectivity index (χ2v) is 9.83. The van der Waals surface area contributed by atoms with Gasteiger partial charge in [0.05, 0.1) is 25.1 Å². The van der Waals surface area contributed by atoms with Crippen LogP contribution in [-0.4, -0.2) is 65.7 Å². The van der Waals surface area contributed by atoms with Crippen LogP contribution >= 0.6 is 0 Å². The number of benzene rings is 1. The first-order valence-electron chi connectivity index (χ1n) is 12.8. The van der Waals surface area contributed by atoms with Crippen LogP contribution in [0.15, 0.2) is 46.0 Å². The van der Waals surface area contributed by atoms with Crippen LogP contribution in [0.4, 0.5) is 5.82 Å². The molecule has 0 spiro atoms. The van der Waals surface area contributed by atoms with Gasteiger partial charge in [-0.3, -0.25) is 14.2 Å². The van der Waals surface area contributed by atoms with Crippen molar-refractivity contribution in [1.29, 1.82) is 0 Å². The van der Waals surface area contributed by atoms with Crippen LogP contribution in [0.2, 0.25) is 0 Å². The van der Waals surface area contributed by atoms with Gasteiger partial charge in [-0.05, 0) is 55.9 Å². The minimum atomic E-state index is -0.399. The summed E-state index contributed by atoms with van der Waals surface area (Å²) in [7, 11) is 3.15. The number of nitrogens with zero attached hydrogens (tertiary/aromatic N) is 4. The Labute approximate surface area is 214 Å². The van der Waals surface area contributed by atoms with Crippen molar-refractivity contribution in [2.75, 3.05) is 45.3 Å². The van der Waals surface area contributed by atoms with Crippen molar-refractivity contribution in [3.63, 3.8) is 0 Å². The fourth-order valence-corrected chi connectivity index (χ4v) is 5.48. The number of aromatic nitrogens is 3. The summed E-state index contributed by atoms with van der Waals surface area (Å²) in [6.45, 7) is 3.17. The SMILES string of the molecule is COc1ccc2[nH]c(=O)n(C[C@H]3CC[C@H](C(=O)N4CCN(c5cccc(OC)n5)CC4)CC3)c(=O)c2c1. The average Bonchev–Trinajstić information content (AvgIpc) is 2.95. The van der Waals surface area contributed by atoms with Crippen LogP contribution in [-0.2, 0) is 11.3 Å². The highest BCUT2D eigenvalue weighted by atomic mass is 16.5. The molecule has 0 unspecified atom stereocenters. The Bertz CT molecular complexity index is 1380. The summed E-state index contributed by atoms with van der Waals surface area (Å²) in [5.74, 6) is 2.41. The number of H-pyrrole nitrogens is 1. The Hall–Kier alpha value is -3.82. The van der Waals surface area contributed by atoms with E-state index in [9.17, 15) is 14.4 Å². The number of amides is 1. The molecule has 1 amide bonds. The molecule has 1 saturated heterocycles. The highest BCUT2D eigenvalue weighted by Gasteiger charge is 2.32. The maximum absolute atomic E-state index is 13.2. The summed E-state index contributed by atoms with van der Waals surface area (Å²) in [6, 6.07) is 10.8. The molecule has 0 bridgehead atoms. The molecule has 5 rings (SSSR count). The van der Waals surface area contributed by atoms with E-state index < -0.39 is 5.69 Å². The number of nitrogens with one attached hydrogen (secondary N) is 1. The van der Waals surface area contributed by atoms with Gasteiger partial charge in [-0.1, -0.05) is 6.07 Å². The van der Waals surface area contributed by atoms with Crippen LogP contribution in [0.25, 0.3) is 10.9 Å². The molecule has 3 aromatic rings. The van der Waals surface area contributed by atoms with Gasteiger partial charge in [0, 0.05) is 44.7 Å². The summed E-state index contributed by atoms with van der Waals surface area (Å²) in [5.41, 5.74) is -0.202. The number of rotatable bonds is 6. The third-order valence-corrected chi connectivity index (χ3v) is 7.66. The van der Waals surface area contributed by atoms with Crippen LogP contribution in [0.5, 0.6) is 11.6 Å².